The van der Waals surface area contributed by atoms with Crippen LogP contribution in [0.25, 0.3) is 27.8 Å². The van der Waals surface area contributed by atoms with Gasteiger partial charge in [0.2, 0.25) is 10.0 Å². The van der Waals surface area contributed by atoms with E-state index in [1.807, 2.05) is 22.8 Å². The molecule has 0 bridgehead atoms. The van der Waals surface area contributed by atoms with Crippen LogP contribution < -0.4 is 5.14 Å². The second-order valence-electron chi connectivity index (χ2n) is 6.39. The van der Waals surface area contributed by atoms with Crippen LogP contribution in [0.1, 0.15) is 12.5 Å². The van der Waals surface area contributed by atoms with E-state index >= 15 is 0 Å². The van der Waals surface area contributed by atoms with Crippen molar-refractivity contribution in [1.29, 1.82) is 0 Å². The summed E-state index contributed by atoms with van der Waals surface area (Å²) in [5, 5.41) is 9.65. The number of hydrogen-bond donors (Lipinski definition) is 1. The lowest BCUT2D eigenvalue weighted by atomic mass is 9.99. The van der Waals surface area contributed by atoms with Crippen molar-refractivity contribution in [3.8, 4) is 22.3 Å². The third-order valence-corrected chi connectivity index (χ3v) is 5.65. The van der Waals surface area contributed by atoms with E-state index in [4.69, 9.17) is 5.14 Å². The van der Waals surface area contributed by atoms with Gasteiger partial charge >= 0.3 is 0 Å². The first-order valence-electron chi connectivity index (χ1n) is 8.66. The fourth-order valence-corrected chi connectivity index (χ4v) is 3.82. The van der Waals surface area contributed by atoms with Gasteiger partial charge in [0, 0.05) is 17.3 Å². The highest BCUT2D eigenvalue weighted by Crippen LogP contribution is 2.29. The predicted octanol–water partition coefficient (Wildman–Crippen LogP) is 3.88. The van der Waals surface area contributed by atoms with Gasteiger partial charge in [-0.2, -0.15) is 5.10 Å². The SMILES string of the molecule is CCc1ccccc1-c1ccc2c(-c3ccc(S(N)(=O)=O)cc3)cnn2c1. The Balaban J connectivity index is 1.77. The number of rotatable bonds is 4. The standard InChI is InChI=1S/C21H19N3O2S/c1-2-15-5-3-4-6-19(15)17-9-12-21-20(13-23-24(21)14-17)16-7-10-18(11-8-16)27(22,25)26/h3-14H,2H2,1H3,(H2,22,25,26). The van der Waals surface area contributed by atoms with Gasteiger partial charge in [0.05, 0.1) is 16.6 Å². The Morgan fingerprint density at radius 3 is 2.33 bits per heavy atom. The van der Waals surface area contributed by atoms with E-state index in [1.165, 1.54) is 23.3 Å². The van der Waals surface area contributed by atoms with Crippen molar-refractivity contribution in [2.45, 2.75) is 18.2 Å². The maximum absolute atomic E-state index is 11.4. The molecule has 6 heteroatoms. The van der Waals surface area contributed by atoms with Crippen LogP contribution in [0.4, 0.5) is 0 Å². The quantitative estimate of drug-likeness (QED) is 0.586. The average Bonchev–Trinajstić information content (AvgIpc) is 3.10. The fourth-order valence-electron chi connectivity index (χ4n) is 3.30. The van der Waals surface area contributed by atoms with Crippen molar-refractivity contribution in [2.24, 2.45) is 5.14 Å². The molecule has 0 radical (unpaired) electrons. The van der Waals surface area contributed by atoms with Gasteiger partial charge in [0.1, 0.15) is 0 Å². The van der Waals surface area contributed by atoms with Crippen molar-refractivity contribution >= 4 is 15.5 Å². The molecule has 0 aliphatic carbocycles. The topological polar surface area (TPSA) is 77.5 Å². The number of aromatic nitrogens is 2. The molecule has 4 rings (SSSR count). The predicted molar refractivity (Wildman–Crippen MR) is 107 cm³/mol. The van der Waals surface area contributed by atoms with Gasteiger partial charge in [-0.25, -0.2) is 18.1 Å². The molecular formula is C21H19N3O2S. The highest BCUT2D eigenvalue weighted by molar-refractivity contribution is 7.89. The van der Waals surface area contributed by atoms with E-state index in [1.54, 1.807) is 18.3 Å². The Kier molecular flexibility index (Phi) is 4.30. The van der Waals surface area contributed by atoms with Crippen molar-refractivity contribution in [2.75, 3.05) is 0 Å². The maximum atomic E-state index is 11.4. The number of sulfonamides is 1. The molecule has 0 aliphatic heterocycles. The van der Waals surface area contributed by atoms with E-state index in [-0.39, 0.29) is 4.90 Å². The molecule has 4 aromatic rings. The van der Waals surface area contributed by atoms with Gasteiger partial charge in [0.15, 0.2) is 0 Å². The number of primary sulfonamides is 1. The summed E-state index contributed by atoms with van der Waals surface area (Å²) in [6.07, 6.45) is 4.78. The van der Waals surface area contributed by atoms with E-state index in [2.05, 4.69) is 36.3 Å². The minimum atomic E-state index is -3.69. The molecular weight excluding hydrogens is 358 g/mol. The Hall–Kier alpha value is -2.96. The lowest BCUT2D eigenvalue weighted by Crippen LogP contribution is -2.11. The number of aryl methyl sites for hydroxylation is 1. The lowest BCUT2D eigenvalue weighted by molar-refractivity contribution is 0.598. The summed E-state index contributed by atoms with van der Waals surface area (Å²) in [6.45, 7) is 2.15. The zero-order chi connectivity index (χ0) is 19.0. The van der Waals surface area contributed by atoms with Gasteiger partial charge in [-0.1, -0.05) is 49.4 Å². The summed E-state index contributed by atoms with van der Waals surface area (Å²) in [5.41, 5.74) is 6.39. The molecule has 0 atom stereocenters. The van der Waals surface area contributed by atoms with E-state index < -0.39 is 10.0 Å². The summed E-state index contributed by atoms with van der Waals surface area (Å²) in [5.74, 6) is 0. The Morgan fingerprint density at radius 2 is 1.63 bits per heavy atom. The normalized spacial score (nSPS) is 11.8. The zero-order valence-electron chi connectivity index (χ0n) is 14.8. The van der Waals surface area contributed by atoms with Crippen LogP contribution in [0.15, 0.2) is 78.0 Å². The Morgan fingerprint density at radius 1 is 0.926 bits per heavy atom. The summed E-state index contributed by atoms with van der Waals surface area (Å²) in [4.78, 5) is 0.0983. The van der Waals surface area contributed by atoms with Gasteiger partial charge in [0.25, 0.3) is 0 Å². The lowest BCUT2D eigenvalue weighted by Gasteiger charge is -2.08. The van der Waals surface area contributed by atoms with Crippen LogP contribution in [0.2, 0.25) is 0 Å². The molecule has 0 aliphatic rings. The third-order valence-electron chi connectivity index (χ3n) is 4.72. The summed E-state index contributed by atoms with van der Waals surface area (Å²) in [6, 6.07) is 19.0. The molecule has 0 amide bonds. The van der Waals surface area contributed by atoms with Crippen LogP contribution >= 0.6 is 0 Å². The smallest absolute Gasteiger partial charge is 0.238 e. The molecule has 27 heavy (non-hydrogen) atoms. The van der Waals surface area contributed by atoms with Crippen molar-refractivity contribution in [3.05, 3.63) is 78.6 Å². The number of pyridine rings is 1. The molecule has 2 aromatic heterocycles. The maximum Gasteiger partial charge on any atom is 0.238 e. The Bertz CT molecular complexity index is 1230. The highest BCUT2D eigenvalue weighted by atomic mass is 32.2. The van der Waals surface area contributed by atoms with Gasteiger partial charge in [-0.3, -0.25) is 0 Å². The second-order valence-corrected chi connectivity index (χ2v) is 7.95. The third kappa shape index (κ3) is 3.25. The van der Waals surface area contributed by atoms with E-state index in [0.29, 0.717) is 0 Å². The molecule has 0 fully saturated rings. The number of fused-ring (bicyclic) bond motifs is 1. The van der Waals surface area contributed by atoms with Gasteiger partial charge in [-0.05, 0) is 41.3 Å². The van der Waals surface area contributed by atoms with Crippen molar-refractivity contribution in [3.63, 3.8) is 0 Å². The van der Waals surface area contributed by atoms with Crippen molar-refractivity contribution < 1.29 is 8.42 Å². The molecule has 0 spiro atoms. The molecule has 0 saturated heterocycles. The number of hydrogen-bond acceptors (Lipinski definition) is 3. The van der Waals surface area contributed by atoms with Crippen molar-refractivity contribution in [1.82, 2.24) is 9.61 Å². The van der Waals surface area contributed by atoms with E-state index in [9.17, 15) is 8.42 Å². The zero-order valence-corrected chi connectivity index (χ0v) is 15.6. The highest BCUT2D eigenvalue weighted by Gasteiger charge is 2.11. The van der Waals surface area contributed by atoms with Gasteiger partial charge < -0.3 is 0 Å². The summed E-state index contributed by atoms with van der Waals surface area (Å²) < 4.78 is 24.7. The van der Waals surface area contributed by atoms with Crippen LogP contribution in [0.3, 0.4) is 0 Å². The molecule has 5 nitrogen and oxygen atoms in total. The number of nitrogens with two attached hydrogens (primary N) is 1. The molecule has 2 N–H and O–H groups in total. The molecule has 0 saturated carbocycles. The minimum Gasteiger partial charge on any atom is -0.240 e. The number of benzene rings is 2. The average molecular weight is 377 g/mol. The second kappa shape index (κ2) is 6.64. The monoisotopic (exact) mass is 377 g/mol. The first kappa shape index (κ1) is 17.5. The molecule has 2 heterocycles. The molecule has 2 aromatic carbocycles. The fraction of sp³-hybridized carbons (Fsp3) is 0.0952. The first-order chi connectivity index (χ1) is 13.0. The van der Waals surface area contributed by atoms with Crippen LogP contribution in [0, 0.1) is 0 Å². The van der Waals surface area contributed by atoms with E-state index in [0.717, 1.165) is 28.6 Å². The largest absolute Gasteiger partial charge is 0.240 e. The van der Waals surface area contributed by atoms with Crippen LogP contribution in [-0.2, 0) is 16.4 Å². The van der Waals surface area contributed by atoms with Gasteiger partial charge in [-0.15, -0.1) is 0 Å². The molecule has 0 unspecified atom stereocenters. The number of nitrogens with zero attached hydrogens (tertiary/aromatic N) is 2. The van der Waals surface area contributed by atoms with Crippen LogP contribution in [0.5, 0.6) is 0 Å². The van der Waals surface area contributed by atoms with Crippen LogP contribution in [-0.4, -0.2) is 18.0 Å². The minimum absolute atomic E-state index is 0.0983. The Labute approximate surface area is 158 Å². The summed E-state index contributed by atoms with van der Waals surface area (Å²) in [7, 11) is -3.69. The first-order valence-corrected chi connectivity index (χ1v) is 10.2. The summed E-state index contributed by atoms with van der Waals surface area (Å²) >= 11 is 0. The molecule has 136 valence electrons.